The Labute approximate surface area is 119 Å². The van der Waals surface area contributed by atoms with E-state index >= 15 is 0 Å². The normalized spacial score (nSPS) is 26.6. The first kappa shape index (κ1) is 15.1. The molecule has 0 spiro atoms. The Morgan fingerprint density at radius 1 is 1.45 bits per heavy atom. The molecule has 6 nitrogen and oxygen atoms in total. The van der Waals surface area contributed by atoms with Crippen LogP contribution in [0.4, 0.5) is 11.4 Å². The highest BCUT2D eigenvalue weighted by Crippen LogP contribution is 2.32. The van der Waals surface area contributed by atoms with Crippen LogP contribution < -0.4 is 15.8 Å². The molecule has 1 aromatic rings. The lowest BCUT2D eigenvalue weighted by Crippen LogP contribution is -2.41. The summed E-state index contributed by atoms with van der Waals surface area (Å²) < 4.78 is 31.5. The van der Waals surface area contributed by atoms with Crippen LogP contribution in [-0.4, -0.2) is 33.7 Å². The lowest BCUT2D eigenvalue weighted by molar-refractivity contribution is 0.105. The van der Waals surface area contributed by atoms with E-state index in [-0.39, 0.29) is 16.5 Å². The van der Waals surface area contributed by atoms with Gasteiger partial charge in [0.1, 0.15) is 0 Å². The highest BCUT2D eigenvalue weighted by atomic mass is 32.2. The fourth-order valence-corrected chi connectivity index (χ4v) is 2.99. The minimum atomic E-state index is -3.48. The molecule has 2 atom stereocenters. The Balaban J connectivity index is 2.35. The summed E-state index contributed by atoms with van der Waals surface area (Å²) in [5, 5.41) is 3.33. The summed E-state index contributed by atoms with van der Waals surface area (Å²) in [6.45, 7) is 4.72. The maximum Gasteiger partial charge on any atom is 0.240 e. The van der Waals surface area contributed by atoms with Crippen LogP contribution in [0.3, 0.4) is 0 Å². The van der Waals surface area contributed by atoms with Crippen LogP contribution in [-0.2, 0) is 14.8 Å². The average molecular weight is 299 g/mol. The second kappa shape index (κ2) is 5.23. The molecule has 0 aromatic heterocycles. The van der Waals surface area contributed by atoms with Gasteiger partial charge in [0.25, 0.3) is 0 Å². The molecule has 0 radical (unpaired) electrons. The number of nitrogens with two attached hydrogens (primary N) is 1. The van der Waals surface area contributed by atoms with Gasteiger partial charge in [-0.2, -0.15) is 0 Å². The fourth-order valence-electron chi connectivity index (χ4n) is 2.24. The zero-order chi connectivity index (χ0) is 15.0. The molecular formula is C13H21N3O3S. The summed E-state index contributed by atoms with van der Waals surface area (Å²) in [5.74, 6) is 0. The van der Waals surface area contributed by atoms with Crippen LogP contribution >= 0.6 is 0 Å². The number of nitrogens with one attached hydrogen (secondary N) is 2. The molecule has 2 unspecified atom stereocenters. The third-order valence-corrected chi connectivity index (χ3v) is 5.32. The minimum Gasteiger partial charge on any atom is -0.397 e. The molecule has 1 aromatic carbocycles. The Morgan fingerprint density at radius 3 is 2.70 bits per heavy atom. The number of sulfonamides is 1. The van der Waals surface area contributed by atoms with Gasteiger partial charge in [0.2, 0.25) is 10.0 Å². The standard InChI is InChI=1S/C13H21N3O3S/c1-9-13(2,6-7-19-9)16-12-8-10(4-5-11(12)14)20(17,18)15-3/h4-5,8-9,15-16H,6-7,14H2,1-3H3. The number of nitrogen functional groups attached to an aromatic ring is 1. The van der Waals surface area contributed by atoms with Gasteiger partial charge in [-0.25, -0.2) is 13.1 Å². The van der Waals surface area contributed by atoms with Crippen LogP contribution in [0.15, 0.2) is 23.1 Å². The van der Waals surface area contributed by atoms with E-state index in [1.165, 1.54) is 13.1 Å². The predicted molar refractivity (Wildman–Crippen MR) is 79.2 cm³/mol. The molecule has 1 saturated heterocycles. The first-order valence-corrected chi connectivity index (χ1v) is 8.00. The molecule has 1 heterocycles. The molecule has 1 aliphatic heterocycles. The Bertz CT molecular complexity index is 603. The monoisotopic (exact) mass is 299 g/mol. The largest absolute Gasteiger partial charge is 0.397 e. The van der Waals surface area contributed by atoms with Crippen molar-refractivity contribution in [3.8, 4) is 0 Å². The zero-order valence-electron chi connectivity index (χ0n) is 11.9. The number of hydrogen-bond acceptors (Lipinski definition) is 5. The second-order valence-electron chi connectivity index (χ2n) is 5.26. The predicted octanol–water partition coefficient (Wildman–Crippen LogP) is 1.16. The SMILES string of the molecule is CNS(=O)(=O)c1ccc(N)c(NC2(C)CCOC2C)c1. The molecule has 112 valence electrons. The maximum atomic E-state index is 11.8. The lowest BCUT2D eigenvalue weighted by atomic mass is 9.94. The number of rotatable bonds is 4. The zero-order valence-corrected chi connectivity index (χ0v) is 12.8. The van der Waals surface area contributed by atoms with Crippen LogP contribution in [0, 0.1) is 0 Å². The number of ether oxygens (including phenoxy) is 1. The van der Waals surface area contributed by atoms with E-state index in [2.05, 4.69) is 10.0 Å². The minimum absolute atomic E-state index is 0.0338. The van der Waals surface area contributed by atoms with Crippen molar-refractivity contribution in [1.29, 1.82) is 0 Å². The molecule has 0 aliphatic carbocycles. The second-order valence-corrected chi connectivity index (χ2v) is 7.15. The Hall–Kier alpha value is -1.31. The van der Waals surface area contributed by atoms with Crippen molar-refractivity contribution in [3.63, 3.8) is 0 Å². The summed E-state index contributed by atoms with van der Waals surface area (Å²) >= 11 is 0. The van der Waals surface area contributed by atoms with Crippen molar-refractivity contribution >= 4 is 21.4 Å². The third-order valence-electron chi connectivity index (χ3n) is 3.91. The fraction of sp³-hybridized carbons (Fsp3) is 0.538. The molecule has 0 bridgehead atoms. The smallest absolute Gasteiger partial charge is 0.240 e. The van der Waals surface area contributed by atoms with E-state index in [0.717, 1.165) is 6.42 Å². The van der Waals surface area contributed by atoms with Gasteiger partial charge in [-0.15, -0.1) is 0 Å². The summed E-state index contributed by atoms with van der Waals surface area (Å²) in [6, 6.07) is 4.64. The van der Waals surface area contributed by atoms with Gasteiger partial charge in [-0.3, -0.25) is 0 Å². The Kier molecular flexibility index (Phi) is 3.95. The van der Waals surface area contributed by atoms with Gasteiger partial charge >= 0.3 is 0 Å². The molecule has 2 rings (SSSR count). The first-order chi connectivity index (χ1) is 9.28. The number of anilines is 2. The molecule has 4 N–H and O–H groups in total. The maximum absolute atomic E-state index is 11.8. The number of hydrogen-bond donors (Lipinski definition) is 3. The van der Waals surface area contributed by atoms with Gasteiger partial charge in [0.05, 0.1) is 27.9 Å². The van der Waals surface area contributed by atoms with Crippen molar-refractivity contribution in [2.45, 2.75) is 36.8 Å². The van der Waals surface area contributed by atoms with Crippen LogP contribution in [0.2, 0.25) is 0 Å². The first-order valence-electron chi connectivity index (χ1n) is 6.51. The third kappa shape index (κ3) is 2.74. The summed E-state index contributed by atoms with van der Waals surface area (Å²) in [5.41, 5.74) is 6.81. The molecule has 1 fully saturated rings. The summed E-state index contributed by atoms with van der Waals surface area (Å²) in [7, 11) is -2.10. The van der Waals surface area contributed by atoms with Crippen molar-refractivity contribution in [1.82, 2.24) is 4.72 Å². The van der Waals surface area contributed by atoms with Gasteiger partial charge in [0, 0.05) is 6.61 Å². The Morgan fingerprint density at radius 2 is 2.15 bits per heavy atom. The molecular weight excluding hydrogens is 278 g/mol. The average Bonchev–Trinajstić information content (AvgIpc) is 2.72. The quantitative estimate of drug-likeness (QED) is 0.725. The van der Waals surface area contributed by atoms with E-state index < -0.39 is 10.0 Å². The van der Waals surface area contributed by atoms with Gasteiger partial charge in [0.15, 0.2) is 0 Å². The van der Waals surface area contributed by atoms with Gasteiger partial charge < -0.3 is 15.8 Å². The van der Waals surface area contributed by atoms with E-state index in [4.69, 9.17) is 10.5 Å². The highest BCUT2D eigenvalue weighted by Gasteiger charge is 2.37. The van der Waals surface area contributed by atoms with Crippen molar-refractivity contribution in [3.05, 3.63) is 18.2 Å². The topological polar surface area (TPSA) is 93.5 Å². The highest BCUT2D eigenvalue weighted by molar-refractivity contribution is 7.89. The van der Waals surface area contributed by atoms with E-state index in [9.17, 15) is 8.42 Å². The van der Waals surface area contributed by atoms with Crippen molar-refractivity contribution in [2.24, 2.45) is 0 Å². The molecule has 7 heteroatoms. The molecule has 0 saturated carbocycles. The van der Waals surface area contributed by atoms with Crippen molar-refractivity contribution < 1.29 is 13.2 Å². The van der Waals surface area contributed by atoms with Crippen molar-refractivity contribution in [2.75, 3.05) is 24.7 Å². The van der Waals surface area contributed by atoms with Crippen LogP contribution in [0.25, 0.3) is 0 Å². The van der Waals surface area contributed by atoms with E-state index in [0.29, 0.717) is 18.0 Å². The van der Waals surface area contributed by atoms with Gasteiger partial charge in [-0.05, 0) is 45.5 Å². The van der Waals surface area contributed by atoms with Gasteiger partial charge in [-0.1, -0.05) is 0 Å². The molecule has 0 amide bonds. The molecule has 20 heavy (non-hydrogen) atoms. The summed E-state index contributed by atoms with van der Waals surface area (Å²) in [4.78, 5) is 0.187. The van der Waals surface area contributed by atoms with Crippen LogP contribution in [0.1, 0.15) is 20.3 Å². The van der Waals surface area contributed by atoms with Crippen LogP contribution in [0.5, 0.6) is 0 Å². The van der Waals surface area contributed by atoms with E-state index in [1.807, 2.05) is 13.8 Å². The van der Waals surface area contributed by atoms with E-state index in [1.54, 1.807) is 12.1 Å². The number of benzene rings is 1. The molecule has 1 aliphatic rings. The lowest BCUT2D eigenvalue weighted by Gasteiger charge is -2.31. The summed E-state index contributed by atoms with van der Waals surface area (Å²) in [6.07, 6.45) is 0.878.